The fourth-order valence-electron chi connectivity index (χ4n) is 3.72. The van der Waals surface area contributed by atoms with Gasteiger partial charge in [0, 0.05) is 24.5 Å². The monoisotopic (exact) mass is 411 g/mol. The number of carbonyl (C=O) groups excluding carboxylic acids is 2. The zero-order valence-electron chi connectivity index (χ0n) is 17.4. The topological polar surface area (TPSA) is 53.1 Å². The maximum atomic E-state index is 13.0. The summed E-state index contributed by atoms with van der Waals surface area (Å²) >= 11 is 5.35. The number of rotatable bonds is 4. The van der Waals surface area contributed by atoms with Crippen molar-refractivity contribution in [3.8, 4) is 5.75 Å². The van der Waals surface area contributed by atoms with Gasteiger partial charge in [0.2, 0.25) is 0 Å². The standard InChI is InChI=1S/C22H25N3O3S/c1-6-23-20(26)19(21(27)24(7-2)22(23)29)16-12-14(3)25(15(4)13-16)17-10-8-9-11-18(17)28-5/h8-13H,6-7H2,1-5H3. The minimum Gasteiger partial charge on any atom is -0.495 e. The molecule has 1 aromatic carbocycles. The van der Waals surface area contributed by atoms with Gasteiger partial charge in [0.05, 0.1) is 12.8 Å². The second-order valence-electron chi connectivity index (χ2n) is 6.79. The molecule has 0 saturated carbocycles. The predicted molar refractivity (Wildman–Crippen MR) is 117 cm³/mol. The van der Waals surface area contributed by atoms with Gasteiger partial charge >= 0.3 is 0 Å². The highest BCUT2D eigenvalue weighted by Gasteiger charge is 2.39. The van der Waals surface area contributed by atoms with Crippen molar-refractivity contribution in [2.24, 2.45) is 0 Å². The Kier molecular flexibility index (Phi) is 5.88. The number of allylic oxidation sites excluding steroid dienone is 5. The van der Waals surface area contributed by atoms with E-state index in [1.165, 1.54) is 9.80 Å². The Morgan fingerprint density at radius 2 is 1.45 bits per heavy atom. The molecular weight excluding hydrogens is 386 g/mol. The number of carbonyl (C=O) groups is 2. The van der Waals surface area contributed by atoms with Crippen molar-refractivity contribution in [2.45, 2.75) is 27.7 Å². The number of nitrogens with zero attached hydrogens (tertiary/aromatic N) is 3. The summed E-state index contributed by atoms with van der Waals surface area (Å²) in [6.07, 6.45) is 3.72. The van der Waals surface area contributed by atoms with Gasteiger partial charge in [0.25, 0.3) is 11.8 Å². The van der Waals surface area contributed by atoms with Crippen LogP contribution in [0.3, 0.4) is 0 Å². The highest BCUT2D eigenvalue weighted by Crippen LogP contribution is 2.37. The molecule has 6 nitrogen and oxygen atoms in total. The molecule has 0 radical (unpaired) electrons. The molecule has 1 saturated heterocycles. The lowest BCUT2D eigenvalue weighted by Crippen LogP contribution is -2.56. The summed E-state index contributed by atoms with van der Waals surface area (Å²) in [7, 11) is 1.63. The molecule has 0 unspecified atom stereocenters. The summed E-state index contributed by atoms with van der Waals surface area (Å²) < 4.78 is 5.50. The molecule has 0 aromatic heterocycles. The van der Waals surface area contributed by atoms with Crippen molar-refractivity contribution in [3.05, 3.63) is 59.0 Å². The van der Waals surface area contributed by atoms with Crippen LogP contribution in [0.5, 0.6) is 5.75 Å². The second kappa shape index (κ2) is 8.21. The third-order valence-corrected chi connectivity index (χ3v) is 5.50. The first kappa shape index (κ1) is 20.8. The van der Waals surface area contributed by atoms with Crippen LogP contribution in [-0.2, 0) is 9.59 Å². The zero-order valence-corrected chi connectivity index (χ0v) is 18.2. The average Bonchev–Trinajstić information content (AvgIpc) is 2.68. The van der Waals surface area contributed by atoms with E-state index in [9.17, 15) is 9.59 Å². The van der Waals surface area contributed by atoms with Crippen molar-refractivity contribution in [1.29, 1.82) is 0 Å². The van der Waals surface area contributed by atoms with E-state index in [2.05, 4.69) is 0 Å². The van der Waals surface area contributed by atoms with E-state index >= 15 is 0 Å². The summed E-state index contributed by atoms with van der Waals surface area (Å²) in [5.41, 5.74) is 3.42. The van der Waals surface area contributed by atoms with E-state index in [0.29, 0.717) is 18.7 Å². The van der Waals surface area contributed by atoms with Gasteiger partial charge in [0.1, 0.15) is 11.3 Å². The molecule has 0 N–H and O–H groups in total. The number of amides is 2. The molecular formula is C22H25N3O3S. The molecule has 2 heterocycles. The number of hydrogen-bond acceptors (Lipinski definition) is 5. The third kappa shape index (κ3) is 3.46. The molecule has 3 rings (SSSR count). The molecule has 0 atom stereocenters. The van der Waals surface area contributed by atoms with Gasteiger partial charge < -0.3 is 9.64 Å². The Morgan fingerprint density at radius 1 is 0.931 bits per heavy atom. The minimum absolute atomic E-state index is 0.153. The fraction of sp³-hybridized carbons (Fsp3) is 0.318. The highest BCUT2D eigenvalue weighted by atomic mass is 32.1. The number of thiocarbonyl (C=S) groups is 1. The summed E-state index contributed by atoms with van der Waals surface area (Å²) in [6, 6.07) is 7.73. The Bertz CT molecular complexity index is 927. The molecule has 1 aromatic rings. The quantitative estimate of drug-likeness (QED) is 0.430. The van der Waals surface area contributed by atoms with E-state index in [0.717, 1.165) is 22.8 Å². The largest absolute Gasteiger partial charge is 0.495 e. The Morgan fingerprint density at radius 3 is 1.93 bits per heavy atom. The van der Waals surface area contributed by atoms with Crippen LogP contribution in [-0.4, -0.2) is 46.9 Å². The van der Waals surface area contributed by atoms with E-state index in [1.807, 2.05) is 69.0 Å². The van der Waals surface area contributed by atoms with Crippen LogP contribution in [0.1, 0.15) is 27.7 Å². The Balaban J connectivity index is 2.12. The van der Waals surface area contributed by atoms with Crippen LogP contribution in [0, 0.1) is 0 Å². The van der Waals surface area contributed by atoms with Gasteiger partial charge in [-0.1, -0.05) is 12.1 Å². The first-order valence-corrected chi connectivity index (χ1v) is 9.98. The molecule has 2 aliphatic rings. The molecule has 0 aliphatic carbocycles. The maximum absolute atomic E-state index is 13.0. The summed E-state index contributed by atoms with van der Waals surface area (Å²) in [4.78, 5) is 31.1. The van der Waals surface area contributed by atoms with Crippen LogP contribution in [0.4, 0.5) is 5.69 Å². The first-order valence-electron chi connectivity index (χ1n) is 9.57. The van der Waals surface area contributed by atoms with Crippen LogP contribution in [0.25, 0.3) is 0 Å². The lowest BCUT2D eigenvalue weighted by molar-refractivity contribution is -0.133. The molecule has 1 fully saturated rings. The number of benzene rings is 1. The van der Waals surface area contributed by atoms with Crippen molar-refractivity contribution < 1.29 is 14.3 Å². The van der Waals surface area contributed by atoms with Crippen molar-refractivity contribution in [3.63, 3.8) is 0 Å². The zero-order chi connectivity index (χ0) is 21.3. The van der Waals surface area contributed by atoms with Gasteiger partial charge in [-0.15, -0.1) is 0 Å². The van der Waals surface area contributed by atoms with E-state index in [1.54, 1.807) is 7.11 Å². The summed E-state index contributed by atoms with van der Waals surface area (Å²) in [6.45, 7) is 8.42. The number of anilines is 1. The molecule has 0 bridgehead atoms. The molecule has 2 aliphatic heterocycles. The fourth-order valence-corrected chi connectivity index (χ4v) is 4.15. The van der Waals surface area contributed by atoms with E-state index < -0.39 is 0 Å². The molecule has 7 heteroatoms. The number of ether oxygens (including phenoxy) is 1. The molecule has 0 spiro atoms. The summed E-state index contributed by atoms with van der Waals surface area (Å²) in [5, 5.41) is 0.266. The van der Waals surface area contributed by atoms with Gasteiger partial charge in [-0.05, 0) is 69.8 Å². The van der Waals surface area contributed by atoms with Gasteiger partial charge in [-0.3, -0.25) is 19.4 Å². The molecule has 29 heavy (non-hydrogen) atoms. The first-order chi connectivity index (χ1) is 13.8. The Hall–Kier alpha value is -2.93. The highest BCUT2D eigenvalue weighted by molar-refractivity contribution is 7.80. The van der Waals surface area contributed by atoms with Crippen LogP contribution in [0.15, 0.2) is 59.0 Å². The van der Waals surface area contributed by atoms with Crippen LogP contribution >= 0.6 is 12.2 Å². The second-order valence-corrected chi connectivity index (χ2v) is 7.16. The third-order valence-electron chi connectivity index (χ3n) is 5.06. The Labute approximate surface area is 176 Å². The number of para-hydroxylation sites is 2. The van der Waals surface area contributed by atoms with Crippen molar-refractivity contribution >= 4 is 34.8 Å². The lowest BCUT2D eigenvalue weighted by Gasteiger charge is -2.37. The van der Waals surface area contributed by atoms with Gasteiger partial charge in [0.15, 0.2) is 5.11 Å². The molecule has 152 valence electrons. The smallest absolute Gasteiger partial charge is 0.266 e. The van der Waals surface area contributed by atoms with E-state index in [-0.39, 0.29) is 22.5 Å². The number of likely N-dealkylation sites (N-methyl/N-ethyl adjacent to an activating group) is 2. The van der Waals surface area contributed by atoms with Crippen LogP contribution in [0.2, 0.25) is 0 Å². The maximum Gasteiger partial charge on any atom is 0.266 e. The number of hydrogen-bond donors (Lipinski definition) is 0. The minimum atomic E-state index is -0.346. The SMILES string of the molecule is CCN1C(=O)C(=C2C=C(C)N(c3ccccc3OC)C(C)=C2)C(=O)N(CC)C1=S. The summed E-state index contributed by atoms with van der Waals surface area (Å²) in [5.74, 6) is 0.0515. The lowest BCUT2D eigenvalue weighted by atomic mass is 9.98. The normalized spacial score (nSPS) is 17.7. The average molecular weight is 412 g/mol. The van der Waals surface area contributed by atoms with E-state index in [4.69, 9.17) is 17.0 Å². The van der Waals surface area contributed by atoms with Crippen molar-refractivity contribution in [2.75, 3.05) is 25.1 Å². The molecule has 2 amide bonds. The van der Waals surface area contributed by atoms with Gasteiger partial charge in [-0.25, -0.2) is 0 Å². The van der Waals surface area contributed by atoms with Gasteiger partial charge in [-0.2, -0.15) is 0 Å². The predicted octanol–water partition coefficient (Wildman–Crippen LogP) is 3.61. The number of methoxy groups -OCH3 is 1. The van der Waals surface area contributed by atoms with Crippen LogP contribution < -0.4 is 9.64 Å². The van der Waals surface area contributed by atoms with Crippen molar-refractivity contribution in [1.82, 2.24) is 9.80 Å².